The van der Waals surface area contributed by atoms with Crippen LogP contribution in [0.3, 0.4) is 0 Å². The molecule has 0 radical (unpaired) electrons. The van der Waals surface area contributed by atoms with Crippen molar-refractivity contribution >= 4 is 17.5 Å². The number of carbonyl (C=O) groups is 3. The fourth-order valence-corrected chi connectivity index (χ4v) is 3.77. The molecule has 0 aliphatic heterocycles. The molecular formula is C24H26O5. The number of hydrogen-bond acceptors (Lipinski definition) is 5. The van der Waals surface area contributed by atoms with E-state index >= 15 is 0 Å². The molecule has 5 heteroatoms. The van der Waals surface area contributed by atoms with E-state index in [0.717, 1.165) is 19.3 Å². The maximum Gasteiger partial charge on any atom is 0.309 e. The zero-order valence-electron chi connectivity index (χ0n) is 16.9. The third-order valence-electron chi connectivity index (χ3n) is 5.48. The van der Waals surface area contributed by atoms with Crippen molar-refractivity contribution in [1.82, 2.24) is 0 Å². The van der Waals surface area contributed by atoms with Gasteiger partial charge in [0, 0.05) is 24.0 Å². The first-order valence-corrected chi connectivity index (χ1v) is 9.92. The van der Waals surface area contributed by atoms with Crippen LogP contribution in [0, 0.1) is 5.92 Å². The monoisotopic (exact) mass is 394 g/mol. The summed E-state index contributed by atoms with van der Waals surface area (Å²) in [7, 11) is 2.83. The van der Waals surface area contributed by atoms with Crippen molar-refractivity contribution in [2.24, 2.45) is 5.92 Å². The van der Waals surface area contributed by atoms with Gasteiger partial charge in [-0.1, -0.05) is 12.1 Å². The quantitative estimate of drug-likeness (QED) is 0.496. The molecule has 5 nitrogen and oxygen atoms in total. The number of hydrogen-bond donors (Lipinski definition) is 0. The minimum absolute atomic E-state index is 0.0483. The molecule has 29 heavy (non-hydrogen) atoms. The average Bonchev–Trinajstić information content (AvgIpc) is 2.77. The Hall–Kier alpha value is -2.95. The Labute approximate surface area is 171 Å². The standard InChI is InChI=1S/C24H26O5/c1-28-21-11-9-17(10-12-21)22(25)14-20(24(27)29-2)15-23(26)19-8-7-16-5-3-4-6-18(16)13-19/h7-13,20H,3-6,14-15H2,1-2H3. The molecule has 0 aromatic heterocycles. The lowest BCUT2D eigenvalue weighted by Crippen LogP contribution is -2.23. The van der Waals surface area contributed by atoms with Crippen LogP contribution >= 0.6 is 0 Å². The molecule has 0 fully saturated rings. The van der Waals surface area contributed by atoms with Gasteiger partial charge in [0.15, 0.2) is 11.6 Å². The van der Waals surface area contributed by atoms with Gasteiger partial charge in [0.05, 0.1) is 20.1 Å². The van der Waals surface area contributed by atoms with Crippen LogP contribution in [0.25, 0.3) is 0 Å². The van der Waals surface area contributed by atoms with E-state index in [1.807, 2.05) is 18.2 Å². The fraction of sp³-hybridized carbons (Fsp3) is 0.375. The number of rotatable bonds is 8. The van der Waals surface area contributed by atoms with E-state index in [9.17, 15) is 14.4 Å². The van der Waals surface area contributed by atoms with Crippen LogP contribution in [0.1, 0.15) is 57.5 Å². The normalized spacial score (nSPS) is 13.9. The Morgan fingerprint density at radius 1 is 0.828 bits per heavy atom. The molecule has 1 atom stereocenters. The van der Waals surface area contributed by atoms with Crippen molar-refractivity contribution < 1.29 is 23.9 Å². The summed E-state index contributed by atoms with van der Waals surface area (Å²) in [4.78, 5) is 37.7. The minimum atomic E-state index is -0.807. The smallest absolute Gasteiger partial charge is 0.309 e. The number of methoxy groups -OCH3 is 2. The van der Waals surface area contributed by atoms with E-state index in [4.69, 9.17) is 9.47 Å². The zero-order valence-corrected chi connectivity index (χ0v) is 16.9. The van der Waals surface area contributed by atoms with E-state index in [-0.39, 0.29) is 24.4 Å². The fourth-order valence-electron chi connectivity index (χ4n) is 3.77. The summed E-state index contributed by atoms with van der Waals surface area (Å²) >= 11 is 0. The molecule has 1 aliphatic rings. The predicted molar refractivity (Wildman–Crippen MR) is 109 cm³/mol. The van der Waals surface area contributed by atoms with Crippen LogP contribution < -0.4 is 4.74 Å². The Balaban J connectivity index is 1.72. The van der Waals surface area contributed by atoms with Crippen LogP contribution in [0.4, 0.5) is 0 Å². The van der Waals surface area contributed by atoms with Gasteiger partial charge in [-0.2, -0.15) is 0 Å². The van der Waals surface area contributed by atoms with Crippen LogP contribution in [0.2, 0.25) is 0 Å². The van der Waals surface area contributed by atoms with Crippen LogP contribution in [0.5, 0.6) is 5.75 Å². The lowest BCUT2D eigenvalue weighted by molar-refractivity contribution is -0.145. The number of ether oxygens (including phenoxy) is 2. The first kappa shape index (κ1) is 20.8. The third-order valence-corrected chi connectivity index (χ3v) is 5.48. The number of aryl methyl sites for hydroxylation is 2. The van der Waals surface area contributed by atoms with Crippen molar-refractivity contribution in [2.45, 2.75) is 38.5 Å². The van der Waals surface area contributed by atoms with Gasteiger partial charge in [-0.05, 0) is 67.1 Å². The summed E-state index contributed by atoms with van der Waals surface area (Å²) < 4.78 is 9.95. The van der Waals surface area contributed by atoms with Crippen LogP contribution in [0.15, 0.2) is 42.5 Å². The number of ketones is 2. The predicted octanol–water partition coefficient (Wildman–Crippen LogP) is 4.21. The van der Waals surface area contributed by atoms with E-state index in [1.165, 1.54) is 24.7 Å². The first-order valence-electron chi connectivity index (χ1n) is 9.92. The van der Waals surface area contributed by atoms with Crippen molar-refractivity contribution in [3.63, 3.8) is 0 Å². The lowest BCUT2D eigenvalue weighted by Gasteiger charge is -2.17. The van der Waals surface area contributed by atoms with Gasteiger partial charge >= 0.3 is 5.97 Å². The number of carbonyl (C=O) groups excluding carboxylic acids is 3. The maximum absolute atomic E-state index is 12.8. The van der Waals surface area contributed by atoms with Gasteiger partial charge in [-0.3, -0.25) is 14.4 Å². The van der Waals surface area contributed by atoms with Crippen molar-refractivity contribution in [2.75, 3.05) is 14.2 Å². The highest BCUT2D eigenvalue weighted by Gasteiger charge is 2.27. The summed E-state index contributed by atoms with van der Waals surface area (Å²) in [6.45, 7) is 0. The molecule has 0 saturated heterocycles. The summed E-state index contributed by atoms with van der Waals surface area (Å²) in [5, 5.41) is 0. The number of Topliss-reactive ketones (excluding diaryl/α,β-unsaturated/α-hetero) is 2. The first-order chi connectivity index (χ1) is 14.0. The molecule has 2 aromatic carbocycles. The Bertz CT molecular complexity index is 898. The van der Waals surface area contributed by atoms with Gasteiger partial charge in [-0.15, -0.1) is 0 Å². The highest BCUT2D eigenvalue weighted by Crippen LogP contribution is 2.25. The Kier molecular flexibility index (Phi) is 6.81. The molecule has 2 aromatic rings. The second-order valence-corrected chi connectivity index (χ2v) is 7.39. The molecule has 0 heterocycles. The van der Waals surface area contributed by atoms with E-state index in [1.54, 1.807) is 31.4 Å². The van der Waals surface area contributed by atoms with E-state index in [2.05, 4.69) is 0 Å². The highest BCUT2D eigenvalue weighted by atomic mass is 16.5. The van der Waals surface area contributed by atoms with Crippen molar-refractivity contribution in [3.8, 4) is 5.75 Å². The number of fused-ring (bicyclic) bond motifs is 1. The third kappa shape index (κ3) is 5.11. The Morgan fingerprint density at radius 2 is 1.41 bits per heavy atom. The SMILES string of the molecule is COC(=O)C(CC(=O)c1ccc(OC)cc1)CC(=O)c1ccc2c(c1)CCCC2. The molecule has 0 saturated carbocycles. The van der Waals surface area contributed by atoms with Gasteiger partial charge in [0.25, 0.3) is 0 Å². The topological polar surface area (TPSA) is 69.7 Å². The van der Waals surface area contributed by atoms with Crippen molar-refractivity contribution in [1.29, 1.82) is 0 Å². The summed E-state index contributed by atoms with van der Waals surface area (Å²) in [5.74, 6) is -1.05. The molecule has 152 valence electrons. The molecule has 0 bridgehead atoms. The second kappa shape index (κ2) is 9.50. The zero-order chi connectivity index (χ0) is 20.8. The van der Waals surface area contributed by atoms with Gasteiger partial charge in [0.2, 0.25) is 0 Å². The summed E-state index contributed by atoms with van der Waals surface area (Å²) in [6.07, 6.45) is 4.21. The number of benzene rings is 2. The summed E-state index contributed by atoms with van der Waals surface area (Å²) in [5.41, 5.74) is 3.58. The van der Waals surface area contributed by atoms with E-state index < -0.39 is 11.9 Å². The van der Waals surface area contributed by atoms with Gasteiger partial charge in [0.1, 0.15) is 5.75 Å². The largest absolute Gasteiger partial charge is 0.497 e. The number of esters is 1. The minimum Gasteiger partial charge on any atom is -0.497 e. The van der Waals surface area contributed by atoms with Crippen molar-refractivity contribution in [3.05, 3.63) is 64.7 Å². The molecule has 0 N–H and O–H groups in total. The molecule has 1 aliphatic carbocycles. The molecule has 0 spiro atoms. The highest BCUT2D eigenvalue weighted by molar-refractivity contribution is 6.01. The molecule has 0 amide bonds. The molecule has 1 unspecified atom stereocenters. The maximum atomic E-state index is 12.8. The van der Waals surface area contributed by atoms with Crippen LogP contribution in [-0.4, -0.2) is 31.8 Å². The molecular weight excluding hydrogens is 368 g/mol. The lowest BCUT2D eigenvalue weighted by atomic mass is 9.87. The Morgan fingerprint density at radius 3 is 2.03 bits per heavy atom. The van der Waals surface area contributed by atoms with Crippen LogP contribution in [-0.2, 0) is 22.4 Å². The second-order valence-electron chi connectivity index (χ2n) is 7.39. The van der Waals surface area contributed by atoms with E-state index in [0.29, 0.717) is 16.9 Å². The van der Waals surface area contributed by atoms with Gasteiger partial charge in [-0.25, -0.2) is 0 Å². The van der Waals surface area contributed by atoms with Gasteiger partial charge < -0.3 is 9.47 Å². The average molecular weight is 394 g/mol. The summed E-state index contributed by atoms with van der Waals surface area (Å²) in [6, 6.07) is 12.5. The molecule has 3 rings (SSSR count).